The molecular formula is C9H6F3IO. The van der Waals surface area contributed by atoms with Crippen LogP contribution in [0.4, 0.5) is 13.2 Å². The molecule has 0 saturated carbocycles. The molecule has 0 N–H and O–H groups in total. The van der Waals surface area contributed by atoms with Crippen molar-refractivity contribution in [2.45, 2.75) is 13.1 Å². The molecule has 5 heteroatoms. The summed E-state index contributed by atoms with van der Waals surface area (Å²) in [6.45, 7) is 1.37. The van der Waals surface area contributed by atoms with Crippen LogP contribution in [0.15, 0.2) is 18.2 Å². The smallest absolute Gasteiger partial charge is 0.282 e. The van der Waals surface area contributed by atoms with Crippen LogP contribution in [0.3, 0.4) is 0 Å². The Balaban J connectivity index is 3.29. The summed E-state index contributed by atoms with van der Waals surface area (Å²) in [5, 5.41) is 0. The molecule has 1 aromatic rings. The van der Waals surface area contributed by atoms with Gasteiger partial charge in [0.1, 0.15) is 0 Å². The molecule has 0 aliphatic carbocycles. The topological polar surface area (TPSA) is 17.1 Å². The number of alkyl halides is 3. The second kappa shape index (κ2) is 3.88. The summed E-state index contributed by atoms with van der Waals surface area (Å²) in [7, 11) is 0. The summed E-state index contributed by atoms with van der Waals surface area (Å²) >= 11 is 1.46. The highest BCUT2D eigenvalue weighted by Crippen LogP contribution is 2.32. The van der Waals surface area contributed by atoms with Gasteiger partial charge >= 0.3 is 6.18 Å². The Morgan fingerprint density at radius 2 is 1.93 bits per heavy atom. The van der Waals surface area contributed by atoms with Crippen molar-refractivity contribution < 1.29 is 18.0 Å². The maximum Gasteiger partial charge on any atom is 0.416 e. The molecule has 0 aromatic heterocycles. The van der Waals surface area contributed by atoms with Crippen molar-refractivity contribution >= 4 is 26.4 Å². The Morgan fingerprint density at radius 3 is 2.36 bits per heavy atom. The van der Waals surface area contributed by atoms with Gasteiger partial charge in [0.15, 0.2) is 0 Å². The van der Waals surface area contributed by atoms with Crippen LogP contribution in [0.5, 0.6) is 0 Å². The van der Waals surface area contributed by atoms with Crippen molar-refractivity contribution in [2.24, 2.45) is 0 Å². The van der Waals surface area contributed by atoms with E-state index in [2.05, 4.69) is 0 Å². The van der Waals surface area contributed by atoms with Crippen molar-refractivity contribution in [3.05, 3.63) is 34.9 Å². The largest absolute Gasteiger partial charge is 0.416 e. The first-order chi connectivity index (χ1) is 6.32. The van der Waals surface area contributed by atoms with Gasteiger partial charge in [-0.3, -0.25) is 4.79 Å². The van der Waals surface area contributed by atoms with Gasteiger partial charge in [-0.2, -0.15) is 13.2 Å². The minimum Gasteiger partial charge on any atom is -0.282 e. The van der Waals surface area contributed by atoms with Gasteiger partial charge in [0.2, 0.25) is 3.79 Å². The molecule has 0 unspecified atom stereocenters. The zero-order chi connectivity index (χ0) is 10.9. The molecule has 0 heterocycles. The highest BCUT2D eigenvalue weighted by molar-refractivity contribution is 14.1. The Hall–Kier alpha value is -0.590. The lowest BCUT2D eigenvalue weighted by atomic mass is 10.1. The van der Waals surface area contributed by atoms with Crippen LogP contribution in [0.25, 0.3) is 0 Å². The molecule has 14 heavy (non-hydrogen) atoms. The Bertz CT molecular complexity index is 371. The van der Waals surface area contributed by atoms with Crippen molar-refractivity contribution in [3.63, 3.8) is 0 Å². The van der Waals surface area contributed by atoms with E-state index >= 15 is 0 Å². The highest BCUT2D eigenvalue weighted by atomic mass is 127. The Labute approximate surface area is 92.4 Å². The van der Waals surface area contributed by atoms with Gasteiger partial charge in [-0.15, -0.1) is 0 Å². The Kier molecular flexibility index (Phi) is 3.18. The summed E-state index contributed by atoms with van der Waals surface area (Å²) in [4.78, 5) is 10.9. The second-order valence-corrected chi connectivity index (χ2v) is 3.78. The molecule has 0 atom stereocenters. The van der Waals surface area contributed by atoms with Gasteiger partial charge in [0, 0.05) is 28.2 Å². The van der Waals surface area contributed by atoms with Crippen LogP contribution in [0.2, 0.25) is 0 Å². The average molecular weight is 314 g/mol. The predicted octanol–water partition coefficient (Wildman–Crippen LogP) is 3.59. The zero-order valence-electron chi connectivity index (χ0n) is 7.15. The number of carbonyl (C=O) groups is 1. The summed E-state index contributed by atoms with van der Waals surface area (Å²) in [5.74, 6) is 0. The number of carbonyl (C=O) groups excluding carboxylic acids is 1. The molecule has 0 fully saturated rings. The van der Waals surface area contributed by atoms with E-state index in [0.29, 0.717) is 0 Å². The zero-order valence-corrected chi connectivity index (χ0v) is 9.31. The average Bonchev–Trinajstić information content (AvgIpc) is 2.02. The number of halogens is 4. The Morgan fingerprint density at radius 1 is 1.36 bits per heavy atom. The van der Waals surface area contributed by atoms with Crippen LogP contribution in [0.1, 0.15) is 21.5 Å². The summed E-state index contributed by atoms with van der Waals surface area (Å²) in [6, 6.07) is 3.57. The number of benzene rings is 1. The van der Waals surface area contributed by atoms with Gasteiger partial charge in [-0.25, -0.2) is 0 Å². The van der Waals surface area contributed by atoms with E-state index in [9.17, 15) is 18.0 Å². The molecule has 1 nitrogen and oxygen atoms in total. The molecule has 0 saturated heterocycles. The summed E-state index contributed by atoms with van der Waals surface area (Å²) < 4.78 is 36.7. The lowest BCUT2D eigenvalue weighted by Gasteiger charge is -2.10. The van der Waals surface area contributed by atoms with Crippen LogP contribution in [-0.2, 0) is 6.18 Å². The maximum atomic E-state index is 12.4. The SMILES string of the molecule is Cc1ccc(C(=O)I)cc1C(F)(F)F. The molecule has 1 aromatic carbocycles. The van der Waals surface area contributed by atoms with Gasteiger partial charge in [0.05, 0.1) is 5.56 Å². The first kappa shape index (κ1) is 11.5. The minimum atomic E-state index is -4.40. The quantitative estimate of drug-likeness (QED) is 0.572. The van der Waals surface area contributed by atoms with Crippen LogP contribution >= 0.6 is 22.6 Å². The van der Waals surface area contributed by atoms with Crippen LogP contribution < -0.4 is 0 Å². The molecule has 0 amide bonds. The molecule has 0 aliphatic rings. The first-order valence-electron chi connectivity index (χ1n) is 3.70. The third-order valence-corrected chi connectivity index (χ3v) is 2.39. The van der Waals surface area contributed by atoms with Crippen molar-refractivity contribution in [1.29, 1.82) is 0 Å². The molecular weight excluding hydrogens is 308 g/mol. The van der Waals surface area contributed by atoms with E-state index in [0.717, 1.165) is 6.07 Å². The lowest BCUT2D eigenvalue weighted by molar-refractivity contribution is -0.138. The number of aryl methyl sites for hydroxylation is 1. The standard InChI is InChI=1S/C9H6F3IO/c1-5-2-3-6(8(13)14)4-7(5)9(10,11)12/h2-4H,1H3. The molecule has 0 aliphatic heterocycles. The first-order valence-corrected chi connectivity index (χ1v) is 4.78. The maximum absolute atomic E-state index is 12.4. The van der Waals surface area contributed by atoms with Gasteiger partial charge in [-0.05, 0) is 18.6 Å². The fourth-order valence-corrected chi connectivity index (χ4v) is 1.39. The third-order valence-electron chi connectivity index (χ3n) is 1.77. The van der Waals surface area contributed by atoms with Crippen molar-refractivity contribution in [1.82, 2.24) is 0 Å². The van der Waals surface area contributed by atoms with Crippen LogP contribution in [-0.4, -0.2) is 3.79 Å². The predicted molar refractivity (Wildman–Crippen MR) is 54.5 cm³/mol. The molecule has 0 bridgehead atoms. The summed E-state index contributed by atoms with van der Waals surface area (Å²) in [6.07, 6.45) is -4.40. The lowest BCUT2D eigenvalue weighted by Crippen LogP contribution is -2.08. The van der Waals surface area contributed by atoms with Gasteiger partial charge < -0.3 is 0 Å². The highest BCUT2D eigenvalue weighted by Gasteiger charge is 2.32. The molecule has 0 radical (unpaired) electrons. The fraction of sp³-hybridized carbons (Fsp3) is 0.222. The van der Waals surface area contributed by atoms with E-state index in [1.165, 1.54) is 41.6 Å². The van der Waals surface area contributed by atoms with Crippen LogP contribution in [0, 0.1) is 6.92 Å². The van der Waals surface area contributed by atoms with E-state index in [4.69, 9.17) is 0 Å². The molecule has 0 spiro atoms. The minimum absolute atomic E-state index is 0.0727. The number of hydrogen-bond donors (Lipinski definition) is 0. The number of rotatable bonds is 1. The normalized spacial score (nSPS) is 11.5. The van der Waals surface area contributed by atoms with Crippen molar-refractivity contribution in [3.8, 4) is 0 Å². The van der Waals surface area contributed by atoms with Gasteiger partial charge in [0.25, 0.3) is 0 Å². The van der Waals surface area contributed by atoms with E-state index < -0.39 is 15.5 Å². The summed E-state index contributed by atoms with van der Waals surface area (Å²) in [5.41, 5.74) is -0.553. The van der Waals surface area contributed by atoms with Crippen molar-refractivity contribution in [2.75, 3.05) is 0 Å². The fourth-order valence-electron chi connectivity index (χ4n) is 1.05. The molecule has 76 valence electrons. The van der Waals surface area contributed by atoms with E-state index in [1.807, 2.05) is 0 Å². The third kappa shape index (κ3) is 2.46. The monoisotopic (exact) mass is 314 g/mol. The van der Waals surface area contributed by atoms with E-state index in [1.54, 1.807) is 0 Å². The van der Waals surface area contributed by atoms with E-state index in [-0.39, 0.29) is 11.1 Å². The molecule has 1 rings (SSSR count). The number of hydrogen-bond acceptors (Lipinski definition) is 1. The van der Waals surface area contributed by atoms with Gasteiger partial charge in [-0.1, -0.05) is 12.1 Å². The second-order valence-electron chi connectivity index (χ2n) is 2.80.